The van der Waals surface area contributed by atoms with Crippen molar-refractivity contribution in [1.82, 2.24) is 9.38 Å². The van der Waals surface area contributed by atoms with Gasteiger partial charge >= 0.3 is 5.56 Å². The van der Waals surface area contributed by atoms with E-state index in [4.69, 9.17) is 4.74 Å². The van der Waals surface area contributed by atoms with Crippen LogP contribution in [0.3, 0.4) is 0 Å². The maximum atomic E-state index is 12.4. The molecule has 1 aromatic carbocycles. The number of methoxy groups -OCH3 is 1. The molecule has 3 aromatic heterocycles. The molecule has 0 spiro atoms. The predicted octanol–water partition coefficient (Wildman–Crippen LogP) is 1.45. The summed E-state index contributed by atoms with van der Waals surface area (Å²) >= 11 is 0. The highest BCUT2D eigenvalue weighted by Crippen LogP contribution is 2.36. The molecule has 0 aliphatic rings. The molecule has 0 saturated carbocycles. The van der Waals surface area contributed by atoms with E-state index < -0.39 is 11.3 Å². The molecule has 4 rings (SSSR count). The lowest BCUT2D eigenvalue weighted by Crippen LogP contribution is -2.15. The van der Waals surface area contributed by atoms with E-state index in [2.05, 4.69) is 4.98 Å². The van der Waals surface area contributed by atoms with Crippen LogP contribution < -0.4 is 15.9 Å². The van der Waals surface area contributed by atoms with Crippen molar-refractivity contribution < 1.29 is 9.84 Å². The molecule has 0 bridgehead atoms. The number of aromatic nitrogens is 2. The molecule has 0 aliphatic carbocycles. The van der Waals surface area contributed by atoms with Gasteiger partial charge in [-0.1, -0.05) is 18.2 Å². The summed E-state index contributed by atoms with van der Waals surface area (Å²) in [6.45, 7) is 0. The van der Waals surface area contributed by atoms with Gasteiger partial charge in [0.2, 0.25) is 11.3 Å². The first-order chi connectivity index (χ1) is 10.1. The number of aromatic hydroxyl groups is 1. The minimum absolute atomic E-state index is 0.0157. The molecule has 6 heteroatoms. The average Bonchev–Trinajstić information content (AvgIpc) is 2.81. The Bertz CT molecular complexity index is 1120. The zero-order chi connectivity index (χ0) is 14.7. The second-order valence-corrected chi connectivity index (χ2v) is 4.81. The monoisotopic (exact) mass is 282 g/mol. The first-order valence-electron chi connectivity index (χ1n) is 6.32. The molecule has 0 saturated heterocycles. The average molecular weight is 282 g/mol. The van der Waals surface area contributed by atoms with Crippen molar-refractivity contribution in [2.45, 2.75) is 0 Å². The van der Waals surface area contributed by atoms with Gasteiger partial charge in [0.05, 0.1) is 18.1 Å². The molecule has 6 nitrogen and oxygen atoms in total. The lowest BCUT2D eigenvalue weighted by Gasteiger charge is -2.08. The number of rotatable bonds is 1. The van der Waals surface area contributed by atoms with E-state index in [0.29, 0.717) is 21.9 Å². The lowest BCUT2D eigenvalue weighted by molar-refractivity contribution is 0.372. The minimum atomic E-state index is -0.572. The fourth-order valence-corrected chi connectivity index (χ4v) is 2.90. The van der Waals surface area contributed by atoms with E-state index in [9.17, 15) is 14.7 Å². The molecule has 0 radical (unpaired) electrons. The van der Waals surface area contributed by atoms with Crippen molar-refractivity contribution in [1.29, 1.82) is 0 Å². The van der Waals surface area contributed by atoms with Gasteiger partial charge in [0.25, 0.3) is 0 Å². The summed E-state index contributed by atoms with van der Waals surface area (Å²) in [4.78, 5) is 26.9. The summed E-state index contributed by atoms with van der Waals surface area (Å²) in [6.07, 6.45) is 0. The fraction of sp³-hybridized carbons (Fsp3) is 0.0667. The minimum Gasteiger partial charge on any atom is -0.500 e. The SMILES string of the molecule is COc1c(O)c(=O)n2c3ccccc3c3cc(=O)[nH]c1c32. The number of H-pyrrole nitrogens is 1. The number of hydrogen-bond acceptors (Lipinski definition) is 4. The lowest BCUT2D eigenvalue weighted by atomic mass is 10.1. The van der Waals surface area contributed by atoms with Gasteiger partial charge in [-0.15, -0.1) is 0 Å². The van der Waals surface area contributed by atoms with Gasteiger partial charge in [-0.05, 0) is 6.07 Å². The van der Waals surface area contributed by atoms with E-state index in [-0.39, 0.29) is 11.3 Å². The summed E-state index contributed by atoms with van der Waals surface area (Å²) in [5.74, 6) is -0.535. The Kier molecular flexibility index (Phi) is 2.11. The first kappa shape index (κ1) is 11.8. The van der Waals surface area contributed by atoms with E-state index in [1.54, 1.807) is 12.1 Å². The normalized spacial score (nSPS) is 11.7. The molecule has 104 valence electrons. The van der Waals surface area contributed by atoms with Crippen molar-refractivity contribution >= 4 is 27.3 Å². The van der Waals surface area contributed by atoms with Crippen LogP contribution in [0.5, 0.6) is 11.5 Å². The fourth-order valence-electron chi connectivity index (χ4n) is 2.90. The van der Waals surface area contributed by atoms with Gasteiger partial charge in [0.1, 0.15) is 5.52 Å². The summed E-state index contributed by atoms with van der Waals surface area (Å²) in [7, 11) is 1.34. The molecular weight excluding hydrogens is 272 g/mol. The van der Waals surface area contributed by atoms with Gasteiger partial charge in [0, 0.05) is 16.8 Å². The Hall–Kier alpha value is -3.02. The van der Waals surface area contributed by atoms with E-state index in [1.165, 1.54) is 17.6 Å². The van der Waals surface area contributed by atoms with E-state index in [0.717, 1.165) is 5.39 Å². The Morgan fingerprint density at radius 3 is 2.71 bits per heavy atom. The van der Waals surface area contributed by atoms with Crippen LogP contribution in [-0.2, 0) is 0 Å². The van der Waals surface area contributed by atoms with Crippen LogP contribution in [0.2, 0.25) is 0 Å². The highest BCUT2D eigenvalue weighted by Gasteiger charge is 2.21. The number of pyridine rings is 2. The van der Waals surface area contributed by atoms with Crippen LogP contribution in [-0.4, -0.2) is 21.6 Å². The van der Waals surface area contributed by atoms with Crippen molar-refractivity contribution in [3.8, 4) is 11.5 Å². The third kappa shape index (κ3) is 1.31. The van der Waals surface area contributed by atoms with E-state index in [1.807, 2.05) is 12.1 Å². The summed E-state index contributed by atoms with van der Waals surface area (Å²) in [5, 5.41) is 11.5. The predicted molar refractivity (Wildman–Crippen MR) is 78.7 cm³/mol. The summed E-state index contributed by atoms with van der Waals surface area (Å²) in [6, 6.07) is 8.68. The Morgan fingerprint density at radius 2 is 1.95 bits per heavy atom. The molecule has 0 fully saturated rings. The highest BCUT2D eigenvalue weighted by molar-refractivity contribution is 6.14. The summed E-state index contributed by atoms with van der Waals surface area (Å²) in [5.41, 5.74) is 0.595. The third-order valence-corrected chi connectivity index (χ3v) is 3.73. The van der Waals surface area contributed by atoms with Crippen LogP contribution in [0.25, 0.3) is 27.3 Å². The first-order valence-corrected chi connectivity index (χ1v) is 6.32. The number of hydrogen-bond donors (Lipinski definition) is 2. The molecule has 0 atom stereocenters. The van der Waals surface area contributed by atoms with Crippen molar-refractivity contribution in [2.24, 2.45) is 0 Å². The zero-order valence-electron chi connectivity index (χ0n) is 11.0. The zero-order valence-corrected chi connectivity index (χ0v) is 11.0. The largest absolute Gasteiger partial charge is 0.500 e. The maximum absolute atomic E-state index is 12.4. The van der Waals surface area contributed by atoms with Crippen LogP contribution in [0.1, 0.15) is 0 Å². The number of para-hydroxylation sites is 1. The van der Waals surface area contributed by atoms with Crippen molar-refractivity contribution in [3.05, 3.63) is 51.0 Å². The van der Waals surface area contributed by atoms with E-state index >= 15 is 0 Å². The topological polar surface area (TPSA) is 83.8 Å². The second-order valence-electron chi connectivity index (χ2n) is 4.81. The molecule has 0 amide bonds. The molecule has 2 N–H and O–H groups in total. The molecule has 21 heavy (non-hydrogen) atoms. The molecule has 0 unspecified atom stereocenters. The number of nitrogens with zero attached hydrogens (tertiary/aromatic N) is 1. The maximum Gasteiger partial charge on any atom is 0.301 e. The van der Waals surface area contributed by atoms with Crippen LogP contribution in [0, 0.1) is 0 Å². The van der Waals surface area contributed by atoms with Gasteiger partial charge in [-0.2, -0.15) is 0 Å². The Labute approximate surface area is 117 Å². The number of nitrogens with one attached hydrogen (secondary N) is 1. The van der Waals surface area contributed by atoms with Crippen LogP contribution in [0.15, 0.2) is 39.9 Å². The number of benzene rings is 1. The molecule has 4 aromatic rings. The Balaban J connectivity index is 2.53. The Morgan fingerprint density at radius 1 is 1.19 bits per heavy atom. The van der Waals surface area contributed by atoms with Crippen LogP contribution in [0.4, 0.5) is 0 Å². The number of aromatic amines is 1. The molecule has 0 aliphatic heterocycles. The quantitative estimate of drug-likeness (QED) is 0.553. The third-order valence-electron chi connectivity index (χ3n) is 3.73. The molecule has 3 heterocycles. The summed E-state index contributed by atoms with van der Waals surface area (Å²) < 4.78 is 6.49. The number of ether oxygens (including phenoxy) is 1. The van der Waals surface area contributed by atoms with Gasteiger partial charge in [-0.3, -0.25) is 14.0 Å². The van der Waals surface area contributed by atoms with Crippen molar-refractivity contribution in [3.63, 3.8) is 0 Å². The second kappa shape index (κ2) is 3.76. The number of fused-ring (bicyclic) bond motifs is 3. The van der Waals surface area contributed by atoms with Gasteiger partial charge < -0.3 is 14.8 Å². The van der Waals surface area contributed by atoms with Gasteiger partial charge in [0.15, 0.2) is 5.75 Å². The van der Waals surface area contributed by atoms with Crippen LogP contribution >= 0.6 is 0 Å². The van der Waals surface area contributed by atoms with Crippen molar-refractivity contribution in [2.75, 3.05) is 7.11 Å². The molecular formula is C15H10N2O4. The standard InChI is InChI=1S/C15H10N2O4/c1-21-14-11-12-8(6-10(18)16-11)7-4-2-3-5-9(7)17(12)15(20)13(14)19/h2-6,19H,1H3,(H,16,18). The van der Waals surface area contributed by atoms with Gasteiger partial charge in [-0.25, -0.2) is 0 Å². The smallest absolute Gasteiger partial charge is 0.301 e. The highest BCUT2D eigenvalue weighted by atomic mass is 16.5.